The number of hydrogen-bond acceptors (Lipinski definition) is 3. The van der Waals surface area contributed by atoms with Gasteiger partial charge in [0.1, 0.15) is 5.75 Å². The maximum Gasteiger partial charge on any atom is 0.119 e. The van der Waals surface area contributed by atoms with E-state index in [9.17, 15) is 0 Å². The Labute approximate surface area is 95.8 Å². The highest BCUT2D eigenvalue weighted by molar-refractivity contribution is 5.28. The number of ether oxygens (including phenoxy) is 1. The summed E-state index contributed by atoms with van der Waals surface area (Å²) in [5, 5.41) is 8.70. The van der Waals surface area contributed by atoms with Crippen LogP contribution in [0.15, 0.2) is 24.3 Å². The molecule has 0 unspecified atom stereocenters. The molecule has 0 heterocycles. The average Bonchev–Trinajstić information content (AvgIpc) is 3.08. The Morgan fingerprint density at radius 2 is 2.25 bits per heavy atom. The summed E-state index contributed by atoms with van der Waals surface area (Å²) >= 11 is 0. The number of rotatable bonds is 5. The van der Waals surface area contributed by atoms with Crippen molar-refractivity contribution in [1.29, 1.82) is 5.26 Å². The minimum Gasteiger partial charge on any atom is -0.493 e. The zero-order valence-electron chi connectivity index (χ0n) is 9.28. The van der Waals surface area contributed by atoms with Gasteiger partial charge in [-0.3, -0.25) is 0 Å². The molecule has 0 saturated heterocycles. The van der Waals surface area contributed by atoms with E-state index in [-0.39, 0.29) is 5.41 Å². The molecule has 84 valence electrons. The highest BCUT2D eigenvalue weighted by atomic mass is 16.5. The minimum atomic E-state index is 0.132. The number of nitrogens with zero attached hydrogens (tertiary/aromatic N) is 1. The molecule has 1 aromatic carbocycles. The van der Waals surface area contributed by atoms with Gasteiger partial charge in [0.2, 0.25) is 0 Å². The first-order chi connectivity index (χ1) is 7.78. The Hall–Kier alpha value is -1.53. The zero-order valence-corrected chi connectivity index (χ0v) is 9.28. The van der Waals surface area contributed by atoms with Crippen molar-refractivity contribution in [2.24, 2.45) is 11.1 Å². The molecule has 0 aromatic heterocycles. The lowest BCUT2D eigenvalue weighted by Crippen LogP contribution is -2.12. The second-order valence-electron chi connectivity index (χ2n) is 4.48. The van der Waals surface area contributed by atoms with Crippen molar-refractivity contribution in [2.45, 2.75) is 25.8 Å². The number of nitrogens with two attached hydrogens (primary N) is 1. The molecule has 0 radical (unpaired) electrons. The molecule has 1 aromatic rings. The normalized spacial score (nSPS) is 16.5. The van der Waals surface area contributed by atoms with Crippen molar-refractivity contribution in [1.82, 2.24) is 0 Å². The molecule has 1 aliphatic carbocycles. The zero-order chi connectivity index (χ0) is 11.4. The third-order valence-corrected chi connectivity index (χ3v) is 3.09. The lowest BCUT2D eigenvalue weighted by atomic mass is 10.1. The molecule has 16 heavy (non-hydrogen) atoms. The summed E-state index contributed by atoms with van der Waals surface area (Å²) in [6, 6.07) is 10.0. The molecular formula is C13H16N2O. The van der Waals surface area contributed by atoms with E-state index < -0.39 is 0 Å². The first kappa shape index (κ1) is 11.0. The Morgan fingerprint density at radius 3 is 2.88 bits per heavy atom. The maximum absolute atomic E-state index is 8.70. The Morgan fingerprint density at radius 1 is 1.44 bits per heavy atom. The standard InChI is InChI=1S/C13H16N2O/c14-7-6-13(4-5-13)10-16-12-3-1-2-11(8-12)9-15/h1-3,8H,4-6,9-10,15H2. The van der Waals surface area contributed by atoms with Crippen molar-refractivity contribution in [3.63, 3.8) is 0 Å². The summed E-state index contributed by atoms with van der Waals surface area (Å²) in [6.45, 7) is 1.18. The molecule has 3 heteroatoms. The molecule has 0 atom stereocenters. The van der Waals surface area contributed by atoms with Crippen LogP contribution >= 0.6 is 0 Å². The second-order valence-corrected chi connectivity index (χ2v) is 4.48. The Kier molecular flexibility index (Phi) is 3.12. The van der Waals surface area contributed by atoms with E-state index in [2.05, 4.69) is 6.07 Å². The molecule has 1 fully saturated rings. The van der Waals surface area contributed by atoms with Gasteiger partial charge in [-0.15, -0.1) is 0 Å². The summed E-state index contributed by atoms with van der Waals surface area (Å²) in [4.78, 5) is 0. The minimum absolute atomic E-state index is 0.132. The molecule has 0 bridgehead atoms. The van der Waals surface area contributed by atoms with Crippen LogP contribution in [-0.2, 0) is 6.54 Å². The topological polar surface area (TPSA) is 59.0 Å². The first-order valence-electron chi connectivity index (χ1n) is 5.57. The van der Waals surface area contributed by atoms with E-state index in [4.69, 9.17) is 15.7 Å². The van der Waals surface area contributed by atoms with Crippen LogP contribution < -0.4 is 10.5 Å². The first-order valence-corrected chi connectivity index (χ1v) is 5.57. The summed E-state index contributed by atoms with van der Waals surface area (Å²) < 4.78 is 5.72. The van der Waals surface area contributed by atoms with Gasteiger partial charge in [-0.1, -0.05) is 12.1 Å². The number of nitriles is 1. The quantitative estimate of drug-likeness (QED) is 0.821. The molecule has 3 nitrogen and oxygen atoms in total. The SMILES string of the molecule is N#CCC1(COc2cccc(CN)c2)CC1. The van der Waals surface area contributed by atoms with Gasteiger partial charge >= 0.3 is 0 Å². The monoisotopic (exact) mass is 216 g/mol. The van der Waals surface area contributed by atoms with Crippen LogP contribution in [0.5, 0.6) is 5.75 Å². The maximum atomic E-state index is 8.70. The number of benzene rings is 1. The van der Waals surface area contributed by atoms with Gasteiger partial charge in [-0.25, -0.2) is 0 Å². The highest BCUT2D eigenvalue weighted by Gasteiger charge is 2.43. The van der Waals surface area contributed by atoms with Crippen molar-refractivity contribution < 1.29 is 4.74 Å². The van der Waals surface area contributed by atoms with Gasteiger partial charge in [-0.2, -0.15) is 5.26 Å². The molecule has 0 spiro atoms. The summed E-state index contributed by atoms with van der Waals surface area (Å²) in [5.41, 5.74) is 6.77. The average molecular weight is 216 g/mol. The Balaban J connectivity index is 1.92. The molecule has 2 N–H and O–H groups in total. The van der Waals surface area contributed by atoms with Crippen LogP contribution in [0.4, 0.5) is 0 Å². The Bertz CT molecular complexity index is 405. The van der Waals surface area contributed by atoms with Crippen molar-refractivity contribution in [3.8, 4) is 11.8 Å². The van der Waals surface area contributed by atoms with E-state index >= 15 is 0 Å². The predicted molar refractivity (Wildman–Crippen MR) is 61.7 cm³/mol. The van der Waals surface area contributed by atoms with Gasteiger partial charge in [0.25, 0.3) is 0 Å². The van der Waals surface area contributed by atoms with E-state index in [1.807, 2.05) is 24.3 Å². The van der Waals surface area contributed by atoms with Crippen LogP contribution in [0, 0.1) is 16.7 Å². The largest absolute Gasteiger partial charge is 0.493 e. The van der Waals surface area contributed by atoms with Crippen LogP contribution in [0.3, 0.4) is 0 Å². The van der Waals surface area contributed by atoms with Crippen LogP contribution in [0.2, 0.25) is 0 Å². The predicted octanol–water partition coefficient (Wildman–Crippen LogP) is 2.22. The van der Waals surface area contributed by atoms with Crippen LogP contribution in [0.25, 0.3) is 0 Å². The number of hydrogen-bond donors (Lipinski definition) is 1. The fourth-order valence-electron chi connectivity index (χ4n) is 1.72. The van der Waals surface area contributed by atoms with Gasteiger partial charge < -0.3 is 10.5 Å². The summed E-state index contributed by atoms with van der Waals surface area (Å²) in [5.74, 6) is 0.854. The molecule has 1 saturated carbocycles. The van der Waals surface area contributed by atoms with Crippen molar-refractivity contribution >= 4 is 0 Å². The fourth-order valence-corrected chi connectivity index (χ4v) is 1.72. The smallest absolute Gasteiger partial charge is 0.119 e. The summed E-state index contributed by atoms with van der Waals surface area (Å²) in [6.07, 6.45) is 2.82. The van der Waals surface area contributed by atoms with Crippen LogP contribution in [0.1, 0.15) is 24.8 Å². The molecule has 2 rings (SSSR count). The van der Waals surface area contributed by atoms with Crippen LogP contribution in [-0.4, -0.2) is 6.61 Å². The van der Waals surface area contributed by atoms with Gasteiger partial charge in [0.15, 0.2) is 0 Å². The molecule has 1 aliphatic rings. The molecule has 0 aliphatic heterocycles. The third kappa shape index (κ3) is 2.53. The van der Waals surface area contributed by atoms with Gasteiger partial charge in [-0.05, 0) is 30.5 Å². The highest BCUT2D eigenvalue weighted by Crippen LogP contribution is 2.48. The van der Waals surface area contributed by atoms with Gasteiger partial charge in [0.05, 0.1) is 12.7 Å². The van der Waals surface area contributed by atoms with E-state index in [1.165, 1.54) is 0 Å². The fraction of sp³-hybridized carbons (Fsp3) is 0.462. The third-order valence-electron chi connectivity index (χ3n) is 3.09. The van der Waals surface area contributed by atoms with Crippen molar-refractivity contribution in [3.05, 3.63) is 29.8 Å². The summed E-state index contributed by atoms with van der Waals surface area (Å²) in [7, 11) is 0. The van der Waals surface area contributed by atoms with E-state index in [1.54, 1.807) is 0 Å². The lowest BCUT2D eigenvalue weighted by Gasteiger charge is -2.13. The van der Waals surface area contributed by atoms with E-state index in [0.29, 0.717) is 19.6 Å². The molecule has 0 amide bonds. The molecular weight excluding hydrogens is 200 g/mol. The van der Waals surface area contributed by atoms with E-state index in [0.717, 1.165) is 24.2 Å². The van der Waals surface area contributed by atoms with Gasteiger partial charge in [0, 0.05) is 18.4 Å². The second kappa shape index (κ2) is 4.54. The lowest BCUT2D eigenvalue weighted by molar-refractivity contribution is 0.236. The van der Waals surface area contributed by atoms with Crippen molar-refractivity contribution in [2.75, 3.05) is 6.61 Å².